The second-order valence-electron chi connectivity index (χ2n) is 6.05. The minimum Gasteiger partial charge on any atom is -0.362 e. The molecule has 2 aliphatic rings. The molecule has 0 saturated heterocycles. The molecule has 0 radical (unpaired) electrons. The molecule has 1 aliphatic carbocycles. The van der Waals surface area contributed by atoms with E-state index in [2.05, 4.69) is 5.10 Å². The van der Waals surface area contributed by atoms with E-state index >= 15 is 0 Å². The van der Waals surface area contributed by atoms with Gasteiger partial charge >= 0.3 is 6.18 Å². The Bertz CT molecular complexity index is 672. The Morgan fingerprint density at radius 3 is 2.70 bits per heavy atom. The van der Waals surface area contributed by atoms with E-state index < -0.39 is 23.7 Å². The van der Waals surface area contributed by atoms with Gasteiger partial charge in [0.2, 0.25) is 0 Å². The molecule has 1 fully saturated rings. The summed E-state index contributed by atoms with van der Waals surface area (Å²) in [4.78, 5) is 12.6. The lowest BCUT2D eigenvalue weighted by Gasteiger charge is -2.38. The molecule has 0 aromatic heterocycles. The van der Waals surface area contributed by atoms with Crippen molar-refractivity contribution in [2.24, 2.45) is 11.0 Å². The molecule has 0 unspecified atom stereocenters. The third kappa shape index (κ3) is 2.34. The largest absolute Gasteiger partial charge is 0.439 e. The molecule has 1 saturated carbocycles. The van der Waals surface area contributed by atoms with Gasteiger partial charge in [0.1, 0.15) is 0 Å². The first-order valence-corrected chi connectivity index (χ1v) is 7.53. The molecule has 1 amide bonds. The van der Waals surface area contributed by atoms with Crippen LogP contribution in [0.3, 0.4) is 0 Å². The van der Waals surface area contributed by atoms with Gasteiger partial charge in [0, 0.05) is 11.3 Å². The van der Waals surface area contributed by atoms with Crippen LogP contribution in [-0.4, -0.2) is 33.6 Å². The number of rotatable bonds is 1. The quantitative estimate of drug-likeness (QED) is 0.861. The number of hydrogen-bond donors (Lipinski definition) is 1. The summed E-state index contributed by atoms with van der Waals surface area (Å²) >= 11 is 0. The minimum absolute atomic E-state index is 0.109. The van der Waals surface area contributed by atoms with E-state index in [9.17, 15) is 23.1 Å². The van der Waals surface area contributed by atoms with Gasteiger partial charge in [-0.05, 0) is 37.8 Å². The summed E-state index contributed by atoms with van der Waals surface area (Å²) in [5.41, 5.74) is -2.35. The molecule has 1 aliphatic heterocycles. The van der Waals surface area contributed by atoms with Crippen molar-refractivity contribution in [2.45, 2.75) is 44.5 Å². The lowest BCUT2D eigenvalue weighted by Crippen LogP contribution is -2.61. The van der Waals surface area contributed by atoms with Gasteiger partial charge in [-0.2, -0.15) is 23.3 Å². The summed E-state index contributed by atoms with van der Waals surface area (Å²) in [7, 11) is 0. The fourth-order valence-electron chi connectivity index (χ4n) is 3.35. The third-order valence-corrected chi connectivity index (χ3v) is 4.60. The van der Waals surface area contributed by atoms with Crippen LogP contribution >= 0.6 is 0 Å². The average molecular weight is 326 g/mol. The number of halogens is 3. The molecule has 2 atom stereocenters. The van der Waals surface area contributed by atoms with Crippen LogP contribution in [0.15, 0.2) is 29.4 Å². The van der Waals surface area contributed by atoms with E-state index in [0.29, 0.717) is 18.4 Å². The number of aliphatic hydroxyl groups is 1. The van der Waals surface area contributed by atoms with Gasteiger partial charge in [0.05, 0.1) is 5.92 Å². The van der Waals surface area contributed by atoms with E-state index in [4.69, 9.17) is 0 Å². The van der Waals surface area contributed by atoms with Crippen molar-refractivity contribution < 1.29 is 23.1 Å². The van der Waals surface area contributed by atoms with E-state index in [1.807, 2.05) is 0 Å². The Balaban J connectivity index is 2.07. The van der Waals surface area contributed by atoms with Crippen molar-refractivity contribution in [3.05, 3.63) is 35.4 Å². The monoisotopic (exact) mass is 326 g/mol. The van der Waals surface area contributed by atoms with Crippen LogP contribution in [0.4, 0.5) is 13.2 Å². The summed E-state index contributed by atoms with van der Waals surface area (Å²) < 4.78 is 40.9. The second kappa shape index (κ2) is 5.33. The molecular formula is C16H17F3N2O2. The van der Waals surface area contributed by atoms with Gasteiger partial charge in [-0.15, -0.1) is 0 Å². The Hall–Kier alpha value is -1.89. The fourth-order valence-corrected chi connectivity index (χ4v) is 3.35. The average Bonchev–Trinajstić information content (AvgIpc) is 2.82. The molecule has 1 aromatic carbocycles. The van der Waals surface area contributed by atoms with E-state index in [1.54, 1.807) is 25.1 Å². The van der Waals surface area contributed by atoms with Crippen LogP contribution in [0, 0.1) is 12.8 Å². The van der Waals surface area contributed by atoms with Gasteiger partial charge in [-0.3, -0.25) is 4.79 Å². The highest BCUT2D eigenvalue weighted by Crippen LogP contribution is 2.48. The molecule has 7 heteroatoms. The number of hydrogen-bond acceptors (Lipinski definition) is 3. The van der Waals surface area contributed by atoms with Crippen molar-refractivity contribution >= 4 is 11.6 Å². The van der Waals surface area contributed by atoms with Gasteiger partial charge in [-0.1, -0.05) is 24.6 Å². The zero-order valence-corrected chi connectivity index (χ0v) is 12.6. The number of nitrogens with zero attached hydrogens (tertiary/aromatic N) is 2. The number of carbonyl (C=O) groups is 1. The first kappa shape index (κ1) is 16.0. The number of fused-ring (bicyclic) bond motifs is 1. The van der Waals surface area contributed by atoms with Crippen LogP contribution in [0.2, 0.25) is 0 Å². The summed E-state index contributed by atoms with van der Waals surface area (Å²) in [6.45, 7) is 1.64. The van der Waals surface area contributed by atoms with Crippen LogP contribution in [-0.2, 0) is 0 Å². The predicted octanol–water partition coefficient (Wildman–Crippen LogP) is 3.25. The summed E-state index contributed by atoms with van der Waals surface area (Å²) in [6, 6.07) is 6.34. The molecule has 1 heterocycles. The smallest absolute Gasteiger partial charge is 0.362 e. The van der Waals surface area contributed by atoms with Crippen molar-refractivity contribution in [3.8, 4) is 0 Å². The van der Waals surface area contributed by atoms with E-state index in [1.165, 1.54) is 6.07 Å². The molecule has 124 valence electrons. The molecule has 4 nitrogen and oxygen atoms in total. The predicted molar refractivity (Wildman–Crippen MR) is 77.7 cm³/mol. The zero-order chi connectivity index (χ0) is 16.8. The number of aryl methyl sites for hydroxylation is 1. The normalized spacial score (nSPS) is 27.6. The zero-order valence-electron chi connectivity index (χ0n) is 12.6. The SMILES string of the molecule is Cc1ccccc1C(=O)N1N=C2CCCC[C@@H]2[C@]1(O)C(F)(F)F. The lowest BCUT2D eigenvalue weighted by molar-refractivity contribution is -0.312. The van der Waals surface area contributed by atoms with Crippen LogP contribution < -0.4 is 0 Å². The topological polar surface area (TPSA) is 52.9 Å². The van der Waals surface area contributed by atoms with Gasteiger partial charge in [0.15, 0.2) is 0 Å². The molecule has 0 bridgehead atoms. The fraction of sp³-hybridized carbons (Fsp3) is 0.500. The molecule has 0 spiro atoms. The maximum Gasteiger partial charge on any atom is 0.439 e. The molecule has 23 heavy (non-hydrogen) atoms. The number of carbonyl (C=O) groups excluding carboxylic acids is 1. The third-order valence-electron chi connectivity index (χ3n) is 4.60. The summed E-state index contributed by atoms with van der Waals surface area (Å²) in [5.74, 6) is -2.10. The van der Waals surface area contributed by atoms with Crippen LogP contribution in [0.25, 0.3) is 0 Å². The van der Waals surface area contributed by atoms with Gasteiger partial charge < -0.3 is 5.11 Å². The molecular weight excluding hydrogens is 309 g/mol. The Kier molecular flexibility index (Phi) is 3.71. The Labute approximate surface area is 131 Å². The first-order valence-electron chi connectivity index (χ1n) is 7.53. The minimum atomic E-state index is -4.97. The van der Waals surface area contributed by atoms with Crippen molar-refractivity contribution in [3.63, 3.8) is 0 Å². The first-order chi connectivity index (χ1) is 10.8. The number of alkyl halides is 3. The highest BCUT2D eigenvalue weighted by molar-refractivity contribution is 6.00. The van der Waals surface area contributed by atoms with Crippen molar-refractivity contribution in [2.75, 3.05) is 0 Å². The van der Waals surface area contributed by atoms with Crippen molar-refractivity contribution in [1.29, 1.82) is 0 Å². The Morgan fingerprint density at radius 2 is 2.04 bits per heavy atom. The van der Waals surface area contributed by atoms with Crippen LogP contribution in [0.5, 0.6) is 0 Å². The molecule has 1 N–H and O–H groups in total. The number of hydrazone groups is 1. The highest BCUT2D eigenvalue weighted by Gasteiger charge is 2.68. The number of amides is 1. The maximum atomic E-state index is 13.6. The second-order valence-corrected chi connectivity index (χ2v) is 6.05. The summed E-state index contributed by atoms with van der Waals surface area (Å²) in [5, 5.41) is 14.6. The number of benzene rings is 1. The highest BCUT2D eigenvalue weighted by atomic mass is 19.4. The Morgan fingerprint density at radius 1 is 1.35 bits per heavy atom. The molecule has 1 aromatic rings. The van der Waals surface area contributed by atoms with E-state index in [0.717, 1.165) is 6.42 Å². The standard InChI is InChI=1S/C16H17F3N2O2/c1-10-6-2-3-7-11(10)14(22)21-15(23,16(17,18)19)12-8-4-5-9-13(12)20-21/h2-3,6-7,12,23H,4-5,8-9H2,1H3/t12-,15-/m0/s1. The van der Waals surface area contributed by atoms with Crippen LogP contribution in [0.1, 0.15) is 41.6 Å². The van der Waals surface area contributed by atoms with E-state index in [-0.39, 0.29) is 22.7 Å². The lowest BCUT2D eigenvalue weighted by atomic mass is 9.80. The van der Waals surface area contributed by atoms with Gasteiger partial charge in [0.25, 0.3) is 11.6 Å². The maximum absolute atomic E-state index is 13.6. The summed E-state index contributed by atoms with van der Waals surface area (Å²) in [6.07, 6.45) is -3.13. The molecule has 3 rings (SSSR count). The van der Waals surface area contributed by atoms with Crippen molar-refractivity contribution in [1.82, 2.24) is 5.01 Å². The van der Waals surface area contributed by atoms with Gasteiger partial charge in [-0.25, -0.2) is 0 Å².